The minimum Gasteiger partial charge on any atom is -0.386 e. The van der Waals surface area contributed by atoms with Crippen molar-refractivity contribution < 1.29 is 31.9 Å². The molecule has 0 aliphatic rings. The lowest BCUT2D eigenvalue weighted by atomic mass is 9.98. The average molecular weight is 401 g/mol. The predicted octanol–water partition coefficient (Wildman–Crippen LogP) is 4.54. The van der Waals surface area contributed by atoms with Gasteiger partial charge in [0.2, 0.25) is 5.91 Å². The Hall–Kier alpha value is -2.48. The second-order valence-corrected chi connectivity index (χ2v) is 6.38. The van der Waals surface area contributed by atoms with Crippen molar-refractivity contribution in [3.05, 3.63) is 70.8 Å². The lowest BCUT2D eigenvalue weighted by molar-refractivity contribution is -0.137. The number of hydrogen-bond donors (Lipinski definition) is 2. The summed E-state index contributed by atoms with van der Waals surface area (Å²) in [6.45, 7) is 1.70. The van der Waals surface area contributed by atoms with E-state index in [2.05, 4.69) is 5.32 Å². The maximum atomic E-state index is 13.6. The number of aryl methyl sites for hydroxylation is 1. The number of rotatable bonds is 7. The first kappa shape index (κ1) is 21.8. The van der Waals surface area contributed by atoms with Gasteiger partial charge in [0.05, 0.1) is 17.7 Å². The van der Waals surface area contributed by atoms with E-state index in [-0.39, 0.29) is 24.0 Å². The fraction of sp³-hybridized carbons (Fsp3) is 0.350. The van der Waals surface area contributed by atoms with Gasteiger partial charge in [-0.15, -0.1) is 0 Å². The highest BCUT2D eigenvalue weighted by atomic mass is 19.4. The number of hydrogen-bond acceptors (Lipinski definition) is 2. The van der Waals surface area contributed by atoms with Gasteiger partial charge in [-0.3, -0.25) is 4.79 Å². The molecular weight excluding hydrogens is 381 g/mol. The van der Waals surface area contributed by atoms with Gasteiger partial charge in [-0.25, -0.2) is 8.78 Å². The SMILES string of the molecule is CC[C@H](NC(=O)CCc1cc(F)ccc1F)[C@H](O)c1ccc(C(F)(F)F)cc1. The molecule has 0 radical (unpaired) electrons. The smallest absolute Gasteiger partial charge is 0.386 e. The Kier molecular flexibility index (Phi) is 7.12. The highest BCUT2D eigenvalue weighted by Crippen LogP contribution is 2.30. The summed E-state index contributed by atoms with van der Waals surface area (Å²) in [5.74, 6) is -1.71. The van der Waals surface area contributed by atoms with Crippen molar-refractivity contribution in [1.82, 2.24) is 5.32 Å². The number of carbonyl (C=O) groups excluding carboxylic acids is 1. The Morgan fingerprint density at radius 3 is 2.32 bits per heavy atom. The Morgan fingerprint density at radius 1 is 1.11 bits per heavy atom. The van der Waals surface area contributed by atoms with Crippen LogP contribution in [0, 0.1) is 11.6 Å². The number of carbonyl (C=O) groups is 1. The van der Waals surface area contributed by atoms with E-state index < -0.39 is 41.4 Å². The Balaban J connectivity index is 1.98. The van der Waals surface area contributed by atoms with E-state index in [4.69, 9.17) is 0 Å². The summed E-state index contributed by atoms with van der Waals surface area (Å²) in [6.07, 6.45) is -5.52. The number of amides is 1. The van der Waals surface area contributed by atoms with Gasteiger partial charge in [0.1, 0.15) is 11.6 Å². The second kappa shape index (κ2) is 9.14. The van der Waals surface area contributed by atoms with E-state index in [0.717, 1.165) is 42.5 Å². The fourth-order valence-electron chi connectivity index (χ4n) is 2.77. The first-order valence-electron chi connectivity index (χ1n) is 8.70. The van der Waals surface area contributed by atoms with Gasteiger partial charge >= 0.3 is 6.18 Å². The van der Waals surface area contributed by atoms with Gasteiger partial charge in [0.15, 0.2) is 0 Å². The van der Waals surface area contributed by atoms with E-state index in [9.17, 15) is 31.9 Å². The quantitative estimate of drug-likeness (QED) is 0.669. The molecule has 3 nitrogen and oxygen atoms in total. The summed E-state index contributed by atoms with van der Waals surface area (Å²) in [6, 6.07) is 6.27. The minimum atomic E-state index is -4.48. The molecule has 152 valence electrons. The van der Waals surface area contributed by atoms with Gasteiger partial charge in [-0.05, 0) is 54.3 Å². The average Bonchev–Trinajstić information content (AvgIpc) is 2.65. The molecule has 0 saturated carbocycles. The maximum Gasteiger partial charge on any atom is 0.416 e. The topological polar surface area (TPSA) is 49.3 Å². The van der Waals surface area contributed by atoms with Crippen LogP contribution in [0.1, 0.15) is 42.6 Å². The molecule has 8 heteroatoms. The zero-order valence-electron chi connectivity index (χ0n) is 15.1. The van der Waals surface area contributed by atoms with Crippen molar-refractivity contribution in [2.24, 2.45) is 0 Å². The number of nitrogens with one attached hydrogen (secondary N) is 1. The van der Waals surface area contributed by atoms with Crippen LogP contribution in [0.5, 0.6) is 0 Å². The number of aliphatic hydroxyl groups is 1. The van der Waals surface area contributed by atoms with Gasteiger partial charge in [0.25, 0.3) is 0 Å². The van der Waals surface area contributed by atoms with Gasteiger partial charge in [-0.2, -0.15) is 13.2 Å². The summed E-state index contributed by atoms with van der Waals surface area (Å²) in [4.78, 5) is 12.1. The van der Waals surface area contributed by atoms with Gasteiger partial charge in [-0.1, -0.05) is 19.1 Å². The molecule has 2 N–H and O–H groups in total. The summed E-state index contributed by atoms with van der Waals surface area (Å²) >= 11 is 0. The van der Waals surface area contributed by atoms with Crippen LogP contribution in [0.3, 0.4) is 0 Å². The molecule has 0 saturated heterocycles. The number of alkyl halides is 3. The Morgan fingerprint density at radius 2 is 1.75 bits per heavy atom. The van der Waals surface area contributed by atoms with Crippen molar-refractivity contribution in [2.75, 3.05) is 0 Å². The monoisotopic (exact) mass is 401 g/mol. The zero-order valence-corrected chi connectivity index (χ0v) is 15.1. The lowest BCUT2D eigenvalue weighted by Gasteiger charge is -2.23. The van der Waals surface area contributed by atoms with Crippen LogP contribution in [0.2, 0.25) is 0 Å². The van der Waals surface area contributed by atoms with Crippen LogP contribution < -0.4 is 5.32 Å². The van der Waals surface area contributed by atoms with Crippen molar-refractivity contribution in [3.63, 3.8) is 0 Å². The third-order valence-corrected chi connectivity index (χ3v) is 4.38. The van der Waals surface area contributed by atoms with E-state index in [1.54, 1.807) is 6.92 Å². The van der Waals surface area contributed by atoms with E-state index in [1.165, 1.54) is 0 Å². The molecule has 0 heterocycles. The number of benzene rings is 2. The predicted molar refractivity (Wildman–Crippen MR) is 93.3 cm³/mol. The maximum absolute atomic E-state index is 13.6. The normalized spacial score (nSPS) is 13.8. The molecule has 0 unspecified atom stereocenters. The molecule has 2 aromatic rings. The summed E-state index contributed by atoms with van der Waals surface area (Å²) < 4.78 is 64.6. The lowest BCUT2D eigenvalue weighted by Crippen LogP contribution is -2.39. The molecule has 0 aliphatic heterocycles. The van der Waals surface area contributed by atoms with Crippen molar-refractivity contribution in [1.29, 1.82) is 0 Å². The van der Waals surface area contributed by atoms with Gasteiger partial charge in [0, 0.05) is 6.42 Å². The number of aliphatic hydroxyl groups excluding tert-OH is 1. The molecule has 0 aliphatic carbocycles. The van der Waals surface area contributed by atoms with E-state index in [0.29, 0.717) is 6.42 Å². The standard InChI is InChI=1S/C20H20F5NO2/c1-2-17(19(28)12-3-6-14(7-4-12)20(23,24)25)26-18(27)10-5-13-11-15(21)8-9-16(13)22/h3-4,6-9,11,17,19,28H,2,5,10H2,1H3,(H,26,27)/t17-,19+/m0/s1. The first-order valence-corrected chi connectivity index (χ1v) is 8.70. The molecule has 2 aromatic carbocycles. The molecule has 0 fully saturated rings. The third-order valence-electron chi connectivity index (χ3n) is 4.38. The van der Waals surface area contributed by atoms with Crippen LogP contribution in [0.4, 0.5) is 22.0 Å². The number of halogens is 5. The molecule has 2 atom stereocenters. The largest absolute Gasteiger partial charge is 0.416 e. The minimum absolute atomic E-state index is 0.0256. The Bertz CT molecular complexity index is 805. The van der Waals surface area contributed by atoms with Crippen molar-refractivity contribution in [3.8, 4) is 0 Å². The van der Waals surface area contributed by atoms with Crippen LogP contribution in [-0.2, 0) is 17.4 Å². The third kappa shape index (κ3) is 5.76. The zero-order chi connectivity index (χ0) is 20.9. The van der Waals surface area contributed by atoms with Crippen molar-refractivity contribution >= 4 is 5.91 Å². The highest BCUT2D eigenvalue weighted by molar-refractivity contribution is 5.76. The fourth-order valence-corrected chi connectivity index (χ4v) is 2.77. The van der Waals surface area contributed by atoms with Crippen LogP contribution in [0.15, 0.2) is 42.5 Å². The second-order valence-electron chi connectivity index (χ2n) is 6.38. The van der Waals surface area contributed by atoms with Crippen molar-refractivity contribution in [2.45, 2.75) is 44.5 Å². The van der Waals surface area contributed by atoms with Gasteiger partial charge < -0.3 is 10.4 Å². The molecular formula is C20H20F5NO2. The molecule has 28 heavy (non-hydrogen) atoms. The molecule has 0 bridgehead atoms. The molecule has 2 rings (SSSR count). The summed E-state index contributed by atoms with van der Waals surface area (Å²) in [5.41, 5.74) is -0.541. The summed E-state index contributed by atoms with van der Waals surface area (Å²) in [7, 11) is 0. The molecule has 0 spiro atoms. The molecule has 1 amide bonds. The van der Waals surface area contributed by atoms with E-state index >= 15 is 0 Å². The summed E-state index contributed by atoms with van der Waals surface area (Å²) in [5, 5.41) is 13.0. The highest BCUT2D eigenvalue weighted by Gasteiger charge is 2.30. The Labute approximate surface area is 159 Å². The van der Waals surface area contributed by atoms with Crippen LogP contribution >= 0.6 is 0 Å². The van der Waals surface area contributed by atoms with E-state index in [1.807, 2.05) is 0 Å². The van der Waals surface area contributed by atoms with Crippen LogP contribution in [-0.4, -0.2) is 17.1 Å². The first-order chi connectivity index (χ1) is 13.1. The molecule has 0 aromatic heterocycles. The van der Waals surface area contributed by atoms with Crippen LogP contribution in [0.25, 0.3) is 0 Å².